The maximum absolute atomic E-state index is 14.3. The summed E-state index contributed by atoms with van der Waals surface area (Å²) in [5, 5.41) is 8.80. The molecule has 0 aliphatic rings. The molecule has 0 saturated heterocycles. The van der Waals surface area contributed by atoms with E-state index < -0.39 is 6.17 Å². The molecule has 0 bridgehead atoms. The van der Waals surface area contributed by atoms with Gasteiger partial charge in [0.05, 0.1) is 11.6 Å². The van der Waals surface area contributed by atoms with E-state index in [-0.39, 0.29) is 0 Å². The molecule has 1 unspecified atom stereocenters. The Labute approximate surface area is 147 Å². The van der Waals surface area contributed by atoms with Crippen molar-refractivity contribution in [1.29, 1.82) is 5.26 Å². The van der Waals surface area contributed by atoms with Crippen LogP contribution in [0.4, 0.5) is 4.39 Å². The molecule has 0 heterocycles. The summed E-state index contributed by atoms with van der Waals surface area (Å²) in [5.74, 6) is 0. The summed E-state index contributed by atoms with van der Waals surface area (Å²) >= 11 is 0. The van der Waals surface area contributed by atoms with Crippen molar-refractivity contribution < 1.29 is 4.39 Å². The molecular formula is C23H18FN. The summed E-state index contributed by atoms with van der Waals surface area (Å²) in [6.07, 6.45) is 3.40. The smallest absolute Gasteiger partial charge is 0.129 e. The van der Waals surface area contributed by atoms with Crippen molar-refractivity contribution in [3.63, 3.8) is 0 Å². The van der Waals surface area contributed by atoms with Crippen LogP contribution in [0, 0.1) is 11.3 Å². The molecule has 3 aromatic rings. The highest BCUT2D eigenvalue weighted by Crippen LogP contribution is 2.22. The van der Waals surface area contributed by atoms with Gasteiger partial charge in [0.15, 0.2) is 0 Å². The van der Waals surface area contributed by atoms with Gasteiger partial charge in [-0.3, -0.25) is 0 Å². The van der Waals surface area contributed by atoms with Crippen LogP contribution >= 0.6 is 0 Å². The van der Waals surface area contributed by atoms with E-state index in [1.54, 1.807) is 12.1 Å². The molecule has 1 nitrogen and oxygen atoms in total. The fourth-order valence-electron chi connectivity index (χ4n) is 2.61. The zero-order chi connectivity index (χ0) is 17.5. The average Bonchev–Trinajstić information content (AvgIpc) is 2.68. The Morgan fingerprint density at radius 1 is 0.800 bits per heavy atom. The zero-order valence-corrected chi connectivity index (χ0v) is 13.8. The normalized spacial score (nSPS) is 12.0. The summed E-state index contributed by atoms with van der Waals surface area (Å²) in [6, 6.07) is 26.7. The van der Waals surface area contributed by atoms with E-state index in [0.29, 0.717) is 17.5 Å². The van der Waals surface area contributed by atoms with Gasteiger partial charge in [-0.2, -0.15) is 5.26 Å². The maximum Gasteiger partial charge on any atom is 0.129 e. The third kappa shape index (κ3) is 4.65. The van der Waals surface area contributed by atoms with Crippen molar-refractivity contribution in [2.24, 2.45) is 0 Å². The summed E-state index contributed by atoms with van der Waals surface area (Å²) in [5.41, 5.74) is 4.44. The van der Waals surface area contributed by atoms with E-state index in [1.807, 2.05) is 78.9 Å². The van der Waals surface area contributed by atoms with Gasteiger partial charge in [0, 0.05) is 6.42 Å². The van der Waals surface area contributed by atoms with E-state index in [9.17, 15) is 4.39 Å². The lowest BCUT2D eigenvalue weighted by molar-refractivity contribution is 0.342. The van der Waals surface area contributed by atoms with E-state index >= 15 is 0 Å². The number of rotatable bonds is 5. The molecule has 3 rings (SSSR count). The predicted octanol–water partition coefficient (Wildman–Crippen LogP) is 5.98. The maximum atomic E-state index is 14.3. The minimum Gasteiger partial charge on any atom is -0.242 e. The summed E-state index contributed by atoms with van der Waals surface area (Å²) in [6.45, 7) is 0. The fraction of sp³-hybridized carbons (Fsp3) is 0.0870. The number of nitrogens with zero attached hydrogens (tertiary/aromatic N) is 1. The number of hydrogen-bond acceptors (Lipinski definition) is 1. The molecule has 122 valence electrons. The van der Waals surface area contributed by atoms with Crippen LogP contribution in [0.15, 0.2) is 78.9 Å². The molecule has 1 atom stereocenters. The first-order valence-corrected chi connectivity index (χ1v) is 8.21. The van der Waals surface area contributed by atoms with Crippen LogP contribution in [-0.2, 0) is 6.42 Å². The van der Waals surface area contributed by atoms with Crippen molar-refractivity contribution in [2.75, 3.05) is 0 Å². The number of benzene rings is 3. The molecule has 0 N–H and O–H groups in total. The predicted molar refractivity (Wildman–Crippen MR) is 101 cm³/mol. The minimum atomic E-state index is -0.985. The summed E-state index contributed by atoms with van der Waals surface area (Å²) < 4.78 is 14.3. The van der Waals surface area contributed by atoms with Gasteiger partial charge in [-0.1, -0.05) is 78.9 Å². The Balaban J connectivity index is 1.63. The van der Waals surface area contributed by atoms with Crippen molar-refractivity contribution in [3.8, 4) is 6.07 Å². The molecule has 0 saturated carbocycles. The van der Waals surface area contributed by atoms with Gasteiger partial charge in [-0.25, -0.2) is 4.39 Å². The van der Waals surface area contributed by atoms with Gasteiger partial charge < -0.3 is 0 Å². The molecule has 0 fully saturated rings. The Morgan fingerprint density at radius 3 is 1.92 bits per heavy atom. The highest BCUT2D eigenvalue weighted by atomic mass is 19.1. The minimum absolute atomic E-state index is 0.379. The van der Waals surface area contributed by atoms with Crippen LogP contribution in [0.2, 0.25) is 0 Å². The quantitative estimate of drug-likeness (QED) is 0.529. The van der Waals surface area contributed by atoms with Crippen LogP contribution in [0.3, 0.4) is 0 Å². The van der Waals surface area contributed by atoms with Crippen LogP contribution < -0.4 is 0 Å². The number of nitriles is 1. The molecule has 0 spiro atoms. The lowest BCUT2D eigenvalue weighted by Gasteiger charge is -2.08. The molecule has 2 heteroatoms. The molecule has 25 heavy (non-hydrogen) atoms. The lowest BCUT2D eigenvalue weighted by atomic mass is 10.0. The topological polar surface area (TPSA) is 23.8 Å². The summed E-state index contributed by atoms with van der Waals surface area (Å²) in [7, 11) is 0. The third-order valence-corrected chi connectivity index (χ3v) is 4.06. The SMILES string of the molecule is N#Cc1ccc(/C=C/c2ccc(CC(F)c3ccccc3)cc2)cc1. The van der Waals surface area contributed by atoms with Gasteiger partial charge in [-0.15, -0.1) is 0 Å². The van der Waals surface area contributed by atoms with Crippen molar-refractivity contribution in [3.05, 3.63) is 107 Å². The number of halogens is 1. The average molecular weight is 327 g/mol. The molecule has 3 aromatic carbocycles. The van der Waals surface area contributed by atoms with Gasteiger partial charge in [0.2, 0.25) is 0 Å². The molecule has 0 amide bonds. The first-order chi connectivity index (χ1) is 12.2. The Bertz CT molecular complexity index is 872. The van der Waals surface area contributed by atoms with Gasteiger partial charge in [-0.05, 0) is 34.4 Å². The second kappa shape index (κ2) is 8.08. The number of hydrogen-bond donors (Lipinski definition) is 0. The lowest BCUT2D eigenvalue weighted by Crippen LogP contribution is -1.96. The molecule has 0 aromatic heterocycles. The second-order valence-corrected chi connectivity index (χ2v) is 5.89. The monoisotopic (exact) mass is 327 g/mol. The molecular weight excluding hydrogens is 309 g/mol. The van der Waals surface area contributed by atoms with Crippen molar-refractivity contribution >= 4 is 12.2 Å². The largest absolute Gasteiger partial charge is 0.242 e. The third-order valence-electron chi connectivity index (χ3n) is 4.06. The first kappa shape index (κ1) is 16.7. The van der Waals surface area contributed by atoms with Crippen molar-refractivity contribution in [1.82, 2.24) is 0 Å². The highest BCUT2D eigenvalue weighted by molar-refractivity contribution is 5.69. The Kier molecular flexibility index (Phi) is 5.39. The van der Waals surface area contributed by atoms with E-state index in [1.165, 1.54) is 0 Å². The fourth-order valence-corrected chi connectivity index (χ4v) is 2.61. The van der Waals surface area contributed by atoms with Crippen molar-refractivity contribution in [2.45, 2.75) is 12.6 Å². The molecule has 0 aliphatic heterocycles. The van der Waals surface area contributed by atoms with Gasteiger partial charge >= 0.3 is 0 Å². The zero-order valence-electron chi connectivity index (χ0n) is 13.8. The summed E-state index contributed by atoms with van der Waals surface area (Å²) in [4.78, 5) is 0. The van der Waals surface area contributed by atoms with Gasteiger partial charge in [0.1, 0.15) is 6.17 Å². The van der Waals surface area contributed by atoms with Crippen LogP contribution in [0.25, 0.3) is 12.2 Å². The Morgan fingerprint density at radius 2 is 1.36 bits per heavy atom. The van der Waals surface area contributed by atoms with E-state index in [4.69, 9.17) is 5.26 Å². The Hall–Kier alpha value is -3.18. The molecule has 0 aliphatic carbocycles. The number of alkyl halides is 1. The second-order valence-electron chi connectivity index (χ2n) is 5.89. The van der Waals surface area contributed by atoms with E-state index in [2.05, 4.69) is 6.07 Å². The van der Waals surface area contributed by atoms with Crippen LogP contribution in [-0.4, -0.2) is 0 Å². The first-order valence-electron chi connectivity index (χ1n) is 8.21. The van der Waals surface area contributed by atoms with Crippen LogP contribution in [0.1, 0.15) is 34.0 Å². The van der Waals surface area contributed by atoms with Crippen LogP contribution in [0.5, 0.6) is 0 Å². The van der Waals surface area contributed by atoms with E-state index in [0.717, 1.165) is 16.7 Å². The van der Waals surface area contributed by atoms with Gasteiger partial charge in [0.25, 0.3) is 0 Å². The highest BCUT2D eigenvalue weighted by Gasteiger charge is 2.09. The standard InChI is InChI=1S/C23H18FN/c24-23(22-4-2-1-3-5-22)16-20-12-8-18(9-13-20)6-7-19-10-14-21(17-25)15-11-19/h1-15,23H,16H2/b7-6+. The molecule has 0 radical (unpaired) electrons.